The molecule has 2 N–H and O–H groups in total. The van der Waals surface area contributed by atoms with Crippen LogP contribution < -0.4 is 15.2 Å². The molecule has 0 spiro atoms. The number of quaternary nitrogens is 1. The molecule has 3 aromatic rings. The maximum absolute atomic E-state index is 12.9. The van der Waals surface area contributed by atoms with Crippen LogP contribution in [0.2, 0.25) is 0 Å². The number of ether oxygens (including phenoxy) is 1. The summed E-state index contributed by atoms with van der Waals surface area (Å²) in [4.78, 5) is 24.4. The molecule has 1 unspecified atom stereocenters. The van der Waals surface area contributed by atoms with Crippen molar-refractivity contribution in [2.24, 2.45) is 5.92 Å². The molecule has 0 saturated carbocycles. The normalized spacial score (nSPS) is 18.0. The molecule has 1 aromatic carbocycles. The number of nitrogens with zero attached hydrogens (tertiary/aromatic N) is 1. The molecule has 0 aliphatic heterocycles. The van der Waals surface area contributed by atoms with Crippen LogP contribution >= 0.6 is 11.3 Å². The Labute approximate surface area is 181 Å². The fourth-order valence-corrected chi connectivity index (χ4v) is 5.53. The molecule has 0 saturated heterocycles. The summed E-state index contributed by atoms with van der Waals surface area (Å²) in [6.45, 7) is 9.42. The van der Waals surface area contributed by atoms with Gasteiger partial charge in [-0.2, -0.15) is 0 Å². The fraction of sp³-hybridized carbons (Fsp3) is 0.417. The quantitative estimate of drug-likeness (QED) is 0.571. The van der Waals surface area contributed by atoms with Gasteiger partial charge in [-0.15, -0.1) is 11.3 Å². The van der Waals surface area contributed by atoms with Gasteiger partial charge in [0.05, 0.1) is 12.4 Å². The third-order valence-electron chi connectivity index (χ3n) is 6.11. The van der Waals surface area contributed by atoms with Gasteiger partial charge in [0, 0.05) is 10.4 Å². The molecule has 0 radical (unpaired) electrons. The van der Waals surface area contributed by atoms with E-state index in [4.69, 9.17) is 9.72 Å². The molecule has 0 bridgehead atoms. The Bertz CT molecular complexity index is 1100. The zero-order valence-corrected chi connectivity index (χ0v) is 18.8. The van der Waals surface area contributed by atoms with Gasteiger partial charge in [-0.05, 0) is 61.9 Å². The molecule has 6 heteroatoms. The molecule has 2 aromatic heterocycles. The minimum atomic E-state index is 0.0189. The van der Waals surface area contributed by atoms with Gasteiger partial charge in [0.25, 0.3) is 5.56 Å². The van der Waals surface area contributed by atoms with Crippen molar-refractivity contribution in [1.29, 1.82) is 0 Å². The lowest BCUT2D eigenvalue weighted by molar-refractivity contribution is -0.924. The maximum Gasteiger partial charge on any atom is 0.260 e. The van der Waals surface area contributed by atoms with Crippen molar-refractivity contribution < 1.29 is 9.64 Å². The third-order valence-corrected chi connectivity index (χ3v) is 7.26. The van der Waals surface area contributed by atoms with E-state index >= 15 is 0 Å². The molecule has 30 heavy (non-hydrogen) atoms. The van der Waals surface area contributed by atoms with Crippen molar-refractivity contribution in [3.63, 3.8) is 0 Å². The predicted molar refractivity (Wildman–Crippen MR) is 123 cm³/mol. The average Bonchev–Trinajstić information content (AvgIpc) is 3.10. The highest BCUT2D eigenvalue weighted by atomic mass is 32.1. The molecule has 158 valence electrons. The Morgan fingerprint density at radius 1 is 1.40 bits per heavy atom. The Hall–Kier alpha value is -2.44. The number of hydrogen-bond donors (Lipinski definition) is 2. The van der Waals surface area contributed by atoms with Crippen LogP contribution in [0.4, 0.5) is 0 Å². The highest BCUT2D eigenvalue weighted by molar-refractivity contribution is 7.18. The number of hydrogen-bond acceptors (Lipinski definition) is 4. The van der Waals surface area contributed by atoms with Crippen LogP contribution in [0.25, 0.3) is 10.2 Å². The minimum Gasteiger partial charge on any atom is -0.490 e. The first kappa shape index (κ1) is 20.8. The number of thiophene rings is 1. The molecule has 1 aliphatic rings. The first-order chi connectivity index (χ1) is 14.5. The van der Waals surface area contributed by atoms with E-state index in [1.165, 1.54) is 20.9 Å². The zero-order chi connectivity index (χ0) is 21.3. The van der Waals surface area contributed by atoms with Gasteiger partial charge >= 0.3 is 0 Å². The van der Waals surface area contributed by atoms with Crippen LogP contribution in [0.3, 0.4) is 0 Å². The first-order valence-corrected chi connectivity index (χ1v) is 11.5. The summed E-state index contributed by atoms with van der Waals surface area (Å²) in [5.41, 5.74) is 2.47. The monoisotopic (exact) mass is 424 g/mol. The molecule has 3 atom stereocenters. The number of aromatic amines is 1. The van der Waals surface area contributed by atoms with E-state index in [9.17, 15) is 4.79 Å². The van der Waals surface area contributed by atoms with Gasteiger partial charge in [-0.25, -0.2) is 4.98 Å². The topological polar surface area (TPSA) is 59.4 Å². The Morgan fingerprint density at radius 2 is 2.17 bits per heavy atom. The summed E-state index contributed by atoms with van der Waals surface area (Å²) in [7, 11) is 2.14. The van der Waals surface area contributed by atoms with Gasteiger partial charge in [0.15, 0.2) is 5.82 Å². The average molecular weight is 425 g/mol. The number of benzene rings is 1. The number of aromatic nitrogens is 2. The molecule has 4 rings (SSSR count). The Balaban J connectivity index is 1.53. The van der Waals surface area contributed by atoms with E-state index in [1.807, 2.05) is 12.1 Å². The summed E-state index contributed by atoms with van der Waals surface area (Å²) >= 11 is 1.71. The van der Waals surface area contributed by atoms with Gasteiger partial charge in [-0.3, -0.25) is 4.79 Å². The van der Waals surface area contributed by atoms with E-state index in [0.29, 0.717) is 12.5 Å². The summed E-state index contributed by atoms with van der Waals surface area (Å²) < 4.78 is 5.55. The minimum absolute atomic E-state index is 0.0189. The summed E-state index contributed by atoms with van der Waals surface area (Å²) in [5.74, 6) is 2.30. The second kappa shape index (κ2) is 8.74. The van der Waals surface area contributed by atoms with E-state index < -0.39 is 0 Å². The summed E-state index contributed by atoms with van der Waals surface area (Å²) in [6, 6.07) is 8.22. The Morgan fingerprint density at radius 3 is 2.90 bits per heavy atom. The van der Waals surface area contributed by atoms with Gasteiger partial charge in [-0.1, -0.05) is 19.6 Å². The number of nitrogens with one attached hydrogen (secondary N) is 2. The van der Waals surface area contributed by atoms with Crippen molar-refractivity contribution in [2.45, 2.75) is 45.7 Å². The van der Waals surface area contributed by atoms with Crippen molar-refractivity contribution in [3.05, 3.63) is 69.1 Å². The molecule has 5 nitrogen and oxygen atoms in total. The van der Waals surface area contributed by atoms with Crippen molar-refractivity contribution >= 4 is 21.6 Å². The number of aryl methyl sites for hydroxylation is 1. The summed E-state index contributed by atoms with van der Waals surface area (Å²) in [6.07, 6.45) is 4.95. The van der Waals surface area contributed by atoms with Gasteiger partial charge < -0.3 is 14.6 Å². The van der Waals surface area contributed by atoms with Crippen molar-refractivity contribution in [2.75, 3.05) is 13.7 Å². The number of H-pyrrole nitrogens is 1. The second-order valence-electron chi connectivity index (χ2n) is 8.47. The largest absolute Gasteiger partial charge is 0.490 e. The van der Waals surface area contributed by atoms with E-state index in [1.54, 1.807) is 17.4 Å². The standard InChI is InChI=1S/C24H29N3O2S/c1-5-12-29-18-9-7-17(8-10-18)14-27(4)16(3)22-25-23(28)21-19-11-6-15(2)13-20(19)30-24(21)26-22/h5,7-10,15-16H,1,6,11-14H2,2-4H3,(H,25,26,28)/p+1/t15-,16-/m1/s1. The molecule has 1 aliphatic carbocycles. The first-order valence-electron chi connectivity index (χ1n) is 10.7. The molecule has 0 fully saturated rings. The lowest BCUT2D eigenvalue weighted by atomic mass is 9.89. The van der Waals surface area contributed by atoms with Crippen LogP contribution in [0.15, 0.2) is 41.7 Å². The lowest BCUT2D eigenvalue weighted by Crippen LogP contribution is -3.07. The van der Waals surface area contributed by atoms with E-state index in [0.717, 1.165) is 47.6 Å². The van der Waals surface area contributed by atoms with Crippen LogP contribution in [-0.2, 0) is 19.4 Å². The van der Waals surface area contributed by atoms with Gasteiger partial charge in [0.1, 0.15) is 29.8 Å². The van der Waals surface area contributed by atoms with Crippen LogP contribution in [0.5, 0.6) is 5.75 Å². The molecular formula is C24H30N3O2S+. The van der Waals surface area contributed by atoms with E-state index in [2.05, 4.69) is 44.6 Å². The predicted octanol–water partition coefficient (Wildman–Crippen LogP) is 3.45. The summed E-state index contributed by atoms with van der Waals surface area (Å²) in [5, 5.41) is 0.825. The molecule has 2 heterocycles. The highest BCUT2D eigenvalue weighted by Gasteiger charge is 2.25. The number of rotatable bonds is 7. The maximum atomic E-state index is 12.9. The van der Waals surface area contributed by atoms with Crippen LogP contribution in [0.1, 0.15) is 48.1 Å². The highest BCUT2D eigenvalue weighted by Crippen LogP contribution is 2.35. The molecular weight excluding hydrogens is 394 g/mol. The number of fused-ring (bicyclic) bond motifs is 3. The van der Waals surface area contributed by atoms with Gasteiger partial charge in [0.2, 0.25) is 0 Å². The van der Waals surface area contributed by atoms with Crippen LogP contribution in [-0.4, -0.2) is 23.6 Å². The van der Waals surface area contributed by atoms with Crippen molar-refractivity contribution in [3.8, 4) is 5.75 Å². The fourth-order valence-electron chi connectivity index (χ4n) is 4.14. The lowest BCUT2D eigenvalue weighted by Gasteiger charge is -2.21. The Kier molecular flexibility index (Phi) is 6.06. The molecule has 0 amide bonds. The van der Waals surface area contributed by atoms with Crippen molar-refractivity contribution in [1.82, 2.24) is 9.97 Å². The third kappa shape index (κ3) is 4.20. The van der Waals surface area contributed by atoms with Crippen LogP contribution in [0, 0.1) is 5.92 Å². The van der Waals surface area contributed by atoms with E-state index in [-0.39, 0.29) is 11.6 Å². The SMILES string of the molecule is C=CCOc1ccc(C[NH+](C)[C@H](C)c2nc3sc4c(c3c(=O)[nH]2)CC[C@@H](C)C4)cc1. The second-order valence-corrected chi connectivity index (χ2v) is 9.56. The zero-order valence-electron chi connectivity index (χ0n) is 18.0. The smallest absolute Gasteiger partial charge is 0.260 e.